The summed E-state index contributed by atoms with van der Waals surface area (Å²) < 4.78 is 0. The minimum atomic E-state index is 0.881. The Bertz CT molecular complexity index is 573. The number of nitrogens with one attached hydrogen (secondary N) is 1. The fraction of sp³-hybridized carbons (Fsp3) is 0.625. The van der Waals surface area contributed by atoms with E-state index in [1.165, 1.54) is 45.2 Å². The molecular weight excluding hydrogens is 280 g/mol. The van der Waals surface area contributed by atoms with Gasteiger partial charge in [-0.25, -0.2) is 9.97 Å². The molecule has 0 radical (unpaired) electrons. The molecule has 0 amide bonds. The lowest BCUT2D eigenvalue weighted by atomic mass is 10.1. The zero-order chi connectivity index (χ0) is 14.5. The number of anilines is 1. The van der Waals surface area contributed by atoms with Crippen LogP contribution in [0.5, 0.6) is 0 Å². The third-order valence-corrected chi connectivity index (χ3v) is 4.84. The molecule has 4 nitrogen and oxygen atoms in total. The van der Waals surface area contributed by atoms with Crippen LogP contribution < -0.4 is 5.32 Å². The fourth-order valence-corrected chi connectivity index (χ4v) is 3.73. The molecule has 0 atom stereocenters. The maximum atomic E-state index is 4.75. The van der Waals surface area contributed by atoms with Crippen molar-refractivity contribution in [3.8, 4) is 0 Å². The Hall–Kier alpha value is -1.20. The minimum Gasteiger partial charge on any atom is -0.370 e. The molecule has 114 valence electrons. The predicted molar refractivity (Wildman–Crippen MR) is 89.9 cm³/mol. The van der Waals surface area contributed by atoms with Crippen molar-refractivity contribution in [1.82, 2.24) is 14.9 Å². The molecule has 21 heavy (non-hydrogen) atoms. The van der Waals surface area contributed by atoms with Gasteiger partial charge < -0.3 is 5.32 Å². The zero-order valence-electron chi connectivity index (χ0n) is 12.8. The summed E-state index contributed by atoms with van der Waals surface area (Å²) in [6.07, 6.45) is 6.74. The lowest BCUT2D eigenvalue weighted by Gasteiger charge is -2.23. The predicted octanol–water partition coefficient (Wildman–Crippen LogP) is 3.89. The van der Waals surface area contributed by atoms with E-state index in [4.69, 9.17) is 9.97 Å². The van der Waals surface area contributed by atoms with Crippen LogP contribution in [-0.4, -0.2) is 34.5 Å². The van der Waals surface area contributed by atoms with E-state index in [1.54, 1.807) is 11.3 Å². The van der Waals surface area contributed by atoms with Gasteiger partial charge in [-0.15, -0.1) is 11.3 Å². The number of rotatable bonds is 4. The first-order valence-electron chi connectivity index (χ1n) is 8.07. The highest BCUT2D eigenvalue weighted by atomic mass is 32.1. The van der Waals surface area contributed by atoms with Crippen molar-refractivity contribution in [3.63, 3.8) is 0 Å². The molecule has 1 N–H and O–H groups in total. The Balaban J connectivity index is 1.78. The summed E-state index contributed by atoms with van der Waals surface area (Å²) in [6, 6.07) is 2.11. The molecule has 1 saturated heterocycles. The van der Waals surface area contributed by atoms with Crippen molar-refractivity contribution in [3.05, 3.63) is 17.3 Å². The lowest BCUT2D eigenvalue weighted by Crippen LogP contribution is -2.27. The zero-order valence-corrected chi connectivity index (χ0v) is 13.6. The van der Waals surface area contributed by atoms with E-state index in [1.807, 2.05) is 0 Å². The van der Waals surface area contributed by atoms with Crippen LogP contribution in [-0.2, 0) is 6.54 Å². The Labute approximate surface area is 130 Å². The topological polar surface area (TPSA) is 41.1 Å². The van der Waals surface area contributed by atoms with Gasteiger partial charge in [-0.2, -0.15) is 0 Å². The van der Waals surface area contributed by atoms with Gasteiger partial charge in [-0.05, 0) is 44.3 Å². The van der Waals surface area contributed by atoms with Gasteiger partial charge in [0.15, 0.2) is 0 Å². The van der Waals surface area contributed by atoms with Crippen molar-refractivity contribution in [2.45, 2.75) is 45.6 Å². The van der Waals surface area contributed by atoms with Crippen LogP contribution in [0.2, 0.25) is 0 Å². The van der Waals surface area contributed by atoms with E-state index in [-0.39, 0.29) is 0 Å². The van der Waals surface area contributed by atoms with E-state index in [9.17, 15) is 0 Å². The molecule has 3 rings (SSSR count). The van der Waals surface area contributed by atoms with E-state index < -0.39 is 0 Å². The monoisotopic (exact) mass is 304 g/mol. The van der Waals surface area contributed by atoms with Crippen LogP contribution in [0.25, 0.3) is 10.2 Å². The second-order valence-corrected chi connectivity index (χ2v) is 6.60. The van der Waals surface area contributed by atoms with Crippen molar-refractivity contribution >= 4 is 27.4 Å². The molecule has 0 aromatic carbocycles. The van der Waals surface area contributed by atoms with Gasteiger partial charge in [-0.1, -0.05) is 19.3 Å². The summed E-state index contributed by atoms with van der Waals surface area (Å²) in [5.74, 6) is 1.95. The van der Waals surface area contributed by atoms with E-state index in [2.05, 4.69) is 28.6 Å². The average Bonchev–Trinajstić information content (AvgIpc) is 2.90. The Kier molecular flexibility index (Phi) is 5.04. The number of hydrogen-bond donors (Lipinski definition) is 1. The maximum absolute atomic E-state index is 4.75. The second-order valence-electron chi connectivity index (χ2n) is 5.70. The van der Waals surface area contributed by atoms with Crippen LogP contribution in [0.3, 0.4) is 0 Å². The van der Waals surface area contributed by atoms with Gasteiger partial charge in [0, 0.05) is 6.54 Å². The highest BCUT2D eigenvalue weighted by molar-refractivity contribution is 7.16. The molecule has 2 aromatic heterocycles. The number of nitrogens with zero attached hydrogens (tertiary/aromatic N) is 3. The molecule has 2 aromatic rings. The van der Waals surface area contributed by atoms with Crippen LogP contribution in [0.15, 0.2) is 11.4 Å². The molecule has 0 spiro atoms. The molecule has 1 aliphatic heterocycles. The first kappa shape index (κ1) is 14.7. The average molecular weight is 304 g/mol. The van der Waals surface area contributed by atoms with Crippen molar-refractivity contribution in [2.75, 3.05) is 25.0 Å². The molecule has 0 saturated carbocycles. The quantitative estimate of drug-likeness (QED) is 0.930. The maximum Gasteiger partial charge on any atom is 0.146 e. The van der Waals surface area contributed by atoms with Crippen LogP contribution >= 0.6 is 11.3 Å². The van der Waals surface area contributed by atoms with Gasteiger partial charge >= 0.3 is 0 Å². The number of thiophene rings is 1. The van der Waals surface area contributed by atoms with E-state index >= 15 is 0 Å². The fourth-order valence-electron chi connectivity index (χ4n) is 2.94. The minimum absolute atomic E-state index is 0.881. The highest BCUT2D eigenvalue weighted by Gasteiger charge is 2.13. The molecule has 5 heteroatoms. The molecule has 3 heterocycles. The normalized spacial score (nSPS) is 17.6. The SMILES string of the molecule is CCNc1nc(CN2CCCCCCC2)nc2sccc12. The molecule has 1 aliphatic rings. The van der Waals surface area contributed by atoms with Crippen molar-refractivity contribution in [2.24, 2.45) is 0 Å². The highest BCUT2D eigenvalue weighted by Crippen LogP contribution is 2.25. The number of hydrogen-bond acceptors (Lipinski definition) is 5. The first-order chi connectivity index (χ1) is 10.4. The van der Waals surface area contributed by atoms with Crippen molar-refractivity contribution in [1.29, 1.82) is 0 Å². The summed E-state index contributed by atoms with van der Waals surface area (Å²) in [6.45, 7) is 6.25. The molecule has 0 unspecified atom stereocenters. The van der Waals surface area contributed by atoms with Gasteiger partial charge in [-0.3, -0.25) is 4.90 Å². The first-order valence-corrected chi connectivity index (χ1v) is 8.95. The smallest absolute Gasteiger partial charge is 0.146 e. The van der Waals surface area contributed by atoms with Crippen molar-refractivity contribution < 1.29 is 0 Å². The van der Waals surface area contributed by atoms with Crippen LogP contribution in [0, 0.1) is 0 Å². The lowest BCUT2D eigenvalue weighted by molar-refractivity contribution is 0.235. The Morgan fingerprint density at radius 3 is 2.67 bits per heavy atom. The summed E-state index contributed by atoms with van der Waals surface area (Å²) in [4.78, 5) is 13.1. The van der Waals surface area contributed by atoms with Gasteiger partial charge in [0.1, 0.15) is 16.5 Å². The third kappa shape index (κ3) is 3.71. The largest absolute Gasteiger partial charge is 0.370 e. The Morgan fingerprint density at radius 2 is 1.90 bits per heavy atom. The van der Waals surface area contributed by atoms with Crippen LogP contribution in [0.4, 0.5) is 5.82 Å². The summed E-state index contributed by atoms with van der Waals surface area (Å²) >= 11 is 1.70. The summed E-state index contributed by atoms with van der Waals surface area (Å²) in [5, 5.41) is 6.62. The molecule has 0 bridgehead atoms. The van der Waals surface area contributed by atoms with E-state index in [0.717, 1.165) is 34.9 Å². The number of likely N-dealkylation sites (tertiary alicyclic amines) is 1. The molecular formula is C16H24N4S. The van der Waals surface area contributed by atoms with E-state index in [0.29, 0.717) is 0 Å². The third-order valence-electron chi connectivity index (χ3n) is 4.03. The Morgan fingerprint density at radius 1 is 1.14 bits per heavy atom. The van der Waals surface area contributed by atoms with Gasteiger partial charge in [0.25, 0.3) is 0 Å². The standard InChI is InChI=1S/C16H24N4S/c1-2-17-15-13-8-11-21-16(13)19-14(18-15)12-20-9-6-4-3-5-7-10-20/h8,11H,2-7,9-10,12H2,1H3,(H,17,18,19). The number of fused-ring (bicyclic) bond motifs is 1. The summed E-state index contributed by atoms with van der Waals surface area (Å²) in [7, 11) is 0. The van der Waals surface area contributed by atoms with Gasteiger partial charge in [0.2, 0.25) is 0 Å². The molecule has 1 fully saturated rings. The second kappa shape index (κ2) is 7.18. The molecule has 0 aliphatic carbocycles. The van der Waals surface area contributed by atoms with Gasteiger partial charge in [0.05, 0.1) is 11.9 Å². The summed E-state index contributed by atoms with van der Waals surface area (Å²) in [5.41, 5.74) is 0. The number of aromatic nitrogens is 2. The van der Waals surface area contributed by atoms with Crippen LogP contribution in [0.1, 0.15) is 44.9 Å².